The Morgan fingerprint density at radius 3 is 1.70 bits per heavy atom. The third kappa shape index (κ3) is 9.18. The van der Waals surface area contributed by atoms with Crippen molar-refractivity contribution in [3.05, 3.63) is 128 Å². The van der Waals surface area contributed by atoms with Crippen LogP contribution in [0.1, 0.15) is 74.9 Å². The Labute approximate surface area is 250 Å². The summed E-state index contributed by atoms with van der Waals surface area (Å²) in [6, 6.07) is 28.4. The van der Waals surface area contributed by atoms with Crippen LogP contribution in [0.2, 0.25) is 10.0 Å². The van der Waals surface area contributed by atoms with Gasteiger partial charge in [0, 0.05) is 23.0 Å². The fraction of sp³-hybridized carbons (Fsp3) is 0.278. The average Bonchev–Trinajstić information content (AvgIpc) is 2.88. The third-order valence-corrected chi connectivity index (χ3v) is 7.10. The molecule has 4 heteroatoms. The maximum absolute atomic E-state index is 6.10. The van der Waals surface area contributed by atoms with E-state index in [4.69, 9.17) is 23.2 Å². The molecule has 0 atom stereocenters. The monoisotopic (exact) mass is 570 g/mol. The number of halogens is 2. The second-order valence-corrected chi connectivity index (χ2v) is 12.9. The molecule has 0 bridgehead atoms. The summed E-state index contributed by atoms with van der Waals surface area (Å²) >= 11 is 12.0. The molecule has 208 valence electrons. The molecule has 0 N–H and O–H groups in total. The van der Waals surface area contributed by atoms with E-state index in [1.54, 1.807) is 18.3 Å². The largest absolute Gasteiger partial charge is 0.256 e. The number of hydrogen-bond acceptors (Lipinski definition) is 2. The Bertz CT molecular complexity index is 1440. The van der Waals surface area contributed by atoms with Gasteiger partial charge in [0.1, 0.15) is 0 Å². The Morgan fingerprint density at radius 2 is 1.18 bits per heavy atom. The van der Waals surface area contributed by atoms with Crippen LogP contribution in [-0.2, 0) is 10.8 Å². The van der Waals surface area contributed by atoms with E-state index in [0.29, 0.717) is 10.0 Å². The molecule has 4 aromatic carbocycles. The van der Waals surface area contributed by atoms with Crippen molar-refractivity contribution >= 4 is 47.0 Å². The summed E-state index contributed by atoms with van der Waals surface area (Å²) in [5.74, 6) is 0. The van der Waals surface area contributed by atoms with E-state index in [0.717, 1.165) is 28.1 Å². The zero-order valence-electron chi connectivity index (χ0n) is 24.9. The van der Waals surface area contributed by atoms with Gasteiger partial charge in [0.05, 0.1) is 16.4 Å². The molecule has 0 spiro atoms. The van der Waals surface area contributed by atoms with Gasteiger partial charge in [0.15, 0.2) is 0 Å². The summed E-state index contributed by atoms with van der Waals surface area (Å²) in [6.45, 7) is 17.6. The minimum Gasteiger partial charge on any atom is -0.256 e. The fourth-order valence-electron chi connectivity index (χ4n) is 4.00. The summed E-state index contributed by atoms with van der Waals surface area (Å²) in [6.07, 6.45) is 3.74. The Morgan fingerprint density at radius 1 is 0.600 bits per heavy atom. The van der Waals surface area contributed by atoms with E-state index in [2.05, 4.69) is 69.7 Å². The molecular weight excluding hydrogens is 531 g/mol. The predicted octanol–water partition coefficient (Wildman–Crippen LogP) is 11.4. The van der Waals surface area contributed by atoms with Crippen LogP contribution < -0.4 is 0 Å². The van der Waals surface area contributed by atoms with Gasteiger partial charge in [-0.1, -0.05) is 113 Å². The minimum atomic E-state index is 0.136. The number of aryl methyl sites for hydroxylation is 2. The highest BCUT2D eigenvalue weighted by atomic mass is 35.5. The average molecular weight is 572 g/mol. The first kappa shape index (κ1) is 31.3. The number of nitrogens with zero attached hydrogens (tertiary/aromatic N) is 2. The molecule has 40 heavy (non-hydrogen) atoms. The first-order valence-electron chi connectivity index (χ1n) is 13.5. The first-order valence-corrected chi connectivity index (χ1v) is 14.3. The van der Waals surface area contributed by atoms with Crippen molar-refractivity contribution in [1.82, 2.24) is 0 Å². The molecule has 0 fully saturated rings. The number of aliphatic imine (C=N–C) groups is 2. The first-order chi connectivity index (χ1) is 18.7. The lowest BCUT2D eigenvalue weighted by Gasteiger charge is -2.25. The van der Waals surface area contributed by atoms with Crippen molar-refractivity contribution in [3.8, 4) is 0 Å². The zero-order chi connectivity index (χ0) is 29.5. The molecule has 4 rings (SSSR count). The molecule has 0 radical (unpaired) electrons. The van der Waals surface area contributed by atoms with E-state index < -0.39 is 0 Å². The minimum absolute atomic E-state index is 0.136. The molecule has 2 nitrogen and oxygen atoms in total. The summed E-state index contributed by atoms with van der Waals surface area (Å²) in [4.78, 5) is 9.11. The van der Waals surface area contributed by atoms with Crippen molar-refractivity contribution in [2.75, 3.05) is 0 Å². The van der Waals surface area contributed by atoms with Crippen LogP contribution in [0, 0.1) is 13.8 Å². The summed E-state index contributed by atoms with van der Waals surface area (Å²) in [5.41, 5.74) is 9.29. The number of para-hydroxylation sites is 2. The van der Waals surface area contributed by atoms with E-state index >= 15 is 0 Å². The smallest absolute Gasteiger partial charge is 0.0688 e. The molecule has 0 amide bonds. The van der Waals surface area contributed by atoms with Gasteiger partial charge in [-0.2, -0.15) is 0 Å². The second-order valence-electron chi connectivity index (χ2n) is 12.1. The zero-order valence-corrected chi connectivity index (χ0v) is 26.4. The summed E-state index contributed by atoms with van der Waals surface area (Å²) < 4.78 is 0. The second kappa shape index (κ2) is 13.4. The van der Waals surface area contributed by atoms with Crippen molar-refractivity contribution in [1.29, 1.82) is 0 Å². The summed E-state index contributed by atoms with van der Waals surface area (Å²) in [5, 5.41) is 1.24. The van der Waals surface area contributed by atoms with Gasteiger partial charge in [-0.15, -0.1) is 0 Å². The molecule has 0 unspecified atom stereocenters. The Hall–Kier alpha value is -3.20. The molecule has 0 aliphatic heterocycles. The highest BCUT2D eigenvalue weighted by Crippen LogP contribution is 2.30. The van der Waals surface area contributed by atoms with Crippen LogP contribution in [-0.4, -0.2) is 12.4 Å². The van der Waals surface area contributed by atoms with Gasteiger partial charge in [0.2, 0.25) is 0 Å². The Balaban J connectivity index is 0.000000225. The summed E-state index contributed by atoms with van der Waals surface area (Å²) in [7, 11) is 0. The van der Waals surface area contributed by atoms with E-state index in [-0.39, 0.29) is 10.8 Å². The quantitative estimate of drug-likeness (QED) is 0.218. The fourth-order valence-corrected chi connectivity index (χ4v) is 4.46. The molecule has 4 aromatic rings. The molecule has 0 saturated carbocycles. The SMILES string of the molecule is CC(C)(C)c1cc(/C=N/c2ccccc2)cc(C(C)(C)C)c1.Cc1cccc(C)c1/N=C/c1ccc(Cl)cc1Cl. The van der Waals surface area contributed by atoms with Gasteiger partial charge in [0.25, 0.3) is 0 Å². The van der Waals surface area contributed by atoms with E-state index in [9.17, 15) is 0 Å². The highest BCUT2D eigenvalue weighted by Gasteiger charge is 2.20. The Kier molecular flexibility index (Phi) is 10.5. The standard InChI is InChI=1S/C21H27N.C15H13Cl2N/c1-20(2,3)17-12-16(13-18(14-17)21(4,5)6)15-22-19-10-8-7-9-11-19;1-10-4-3-5-11(2)15(10)18-9-12-6-7-13(16)8-14(12)17/h7-15H,1-6H3;3-9H,1-2H3/b22-15+;18-9+. The van der Waals surface area contributed by atoms with Crippen LogP contribution in [0.4, 0.5) is 11.4 Å². The maximum Gasteiger partial charge on any atom is 0.0688 e. The lowest BCUT2D eigenvalue weighted by atomic mass is 9.79. The maximum atomic E-state index is 6.10. The van der Waals surface area contributed by atoms with E-state index in [1.807, 2.05) is 74.7 Å². The molecular formula is C36H40Cl2N2. The number of benzene rings is 4. The van der Waals surface area contributed by atoms with Crippen LogP contribution >= 0.6 is 23.2 Å². The van der Waals surface area contributed by atoms with Crippen LogP contribution in [0.25, 0.3) is 0 Å². The van der Waals surface area contributed by atoms with Crippen molar-refractivity contribution in [2.24, 2.45) is 9.98 Å². The topological polar surface area (TPSA) is 24.7 Å². The highest BCUT2D eigenvalue weighted by molar-refractivity contribution is 6.36. The lowest BCUT2D eigenvalue weighted by Crippen LogP contribution is -2.17. The van der Waals surface area contributed by atoms with E-state index in [1.165, 1.54) is 16.7 Å². The van der Waals surface area contributed by atoms with Gasteiger partial charge in [-0.05, 0) is 88.9 Å². The van der Waals surface area contributed by atoms with Crippen LogP contribution in [0.5, 0.6) is 0 Å². The van der Waals surface area contributed by atoms with Gasteiger partial charge in [-0.3, -0.25) is 9.98 Å². The predicted molar refractivity (Wildman–Crippen MR) is 177 cm³/mol. The normalized spacial score (nSPS) is 12.1. The van der Waals surface area contributed by atoms with Crippen molar-refractivity contribution in [3.63, 3.8) is 0 Å². The van der Waals surface area contributed by atoms with Gasteiger partial charge < -0.3 is 0 Å². The molecule has 0 aliphatic rings. The number of hydrogen-bond donors (Lipinski definition) is 0. The van der Waals surface area contributed by atoms with Gasteiger partial charge >= 0.3 is 0 Å². The van der Waals surface area contributed by atoms with Crippen LogP contribution in [0.3, 0.4) is 0 Å². The molecule has 0 aliphatic carbocycles. The molecule has 0 saturated heterocycles. The third-order valence-electron chi connectivity index (χ3n) is 6.54. The van der Waals surface area contributed by atoms with Crippen molar-refractivity contribution < 1.29 is 0 Å². The number of rotatable bonds is 4. The van der Waals surface area contributed by atoms with Crippen LogP contribution in [0.15, 0.2) is 94.9 Å². The molecule has 0 aromatic heterocycles. The van der Waals surface area contributed by atoms with Crippen molar-refractivity contribution in [2.45, 2.75) is 66.2 Å². The lowest BCUT2D eigenvalue weighted by molar-refractivity contribution is 0.568. The van der Waals surface area contributed by atoms with Gasteiger partial charge in [-0.25, -0.2) is 0 Å². The molecule has 0 heterocycles.